The molecule has 1 saturated heterocycles. The molecular weight excluding hydrogens is 167 g/mol. The van der Waals surface area contributed by atoms with Gasteiger partial charge >= 0.3 is 51.4 Å². The zero-order valence-corrected chi connectivity index (χ0v) is 10.3. The van der Waals surface area contributed by atoms with Gasteiger partial charge in [-0.1, -0.05) is 0 Å². The fourth-order valence-electron chi connectivity index (χ4n) is 1.09. The largest absolute Gasteiger partial charge is 1.00 e. The van der Waals surface area contributed by atoms with Gasteiger partial charge in [-0.2, -0.15) is 0 Å². The number of hydrazine groups is 1. The molecule has 1 rings (SSSR count). The summed E-state index contributed by atoms with van der Waals surface area (Å²) in [6, 6.07) is 0. The maximum absolute atomic E-state index is 5.15. The summed E-state index contributed by atoms with van der Waals surface area (Å²) in [5.74, 6) is 5.15. The minimum absolute atomic E-state index is 0. The van der Waals surface area contributed by atoms with Crippen molar-refractivity contribution in [2.75, 3.05) is 39.3 Å². The Bertz CT molecular complexity index is 84.7. The molecule has 0 saturated carbocycles. The molecule has 0 unspecified atom stereocenters. The van der Waals surface area contributed by atoms with Crippen LogP contribution in [0.4, 0.5) is 0 Å². The minimum Gasteiger partial charge on any atom is -0.660 e. The number of nitrogens with one attached hydrogen (secondary N) is 1. The van der Waals surface area contributed by atoms with E-state index in [-0.39, 0.29) is 51.4 Å². The molecular formula is C6H15KN4. The van der Waals surface area contributed by atoms with Gasteiger partial charge in [0.05, 0.1) is 0 Å². The Morgan fingerprint density at radius 2 is 2.00 bits per heavy atom. The Hall–Kier alpha value is 1.48. The summed E-state index contributed by atoms with van der Waals surface area (Å²) in [7, 11) is 0. The van der Waals surface area contributed by atoms with E-state index >= 15 is 0 Å². The van der Waals surface area contributed by atoms with E-state index in [0.29, 0.717) is 0 Å². The average molecular weight is 182 g/mol. The van der Waals surface area contributed by atoms with Crippen LogP contribution in [0.25, 0.3) is 5.32 Å². The third kappa shape index (κ3) is 5.67. The van der Waals surface area contributed by atoms with E-state index in [4.69, 9.17) is 5.84 Å². The maximum atomic E-state index is 5.15. The van der Waals surface area contributed by atoms with Crippen LogP contribution in [-0.4, -0.2) is 44.2 Å². The van der Waals surface area contributed by atoms with Crippen LogP contribution in [0.2, 0.25) is 0 Å². The van der Waals surface area contributed by atoms with Crippen molar-refractivity contribution in [3.8, 4) is 0 Å². The summed E-state index contributed by atoms with van der Waals surface area (Å²) in [4.78, 5) is 2.37. The normalized spacial score (nSPS) is 19.4. The molecule has 0 aliphatic carbocycles. The number of piperazine rings is 1. The maximum Gasteiger partial charge on any atom is 1.00 e. The topological polar surface area (TPSA) is 55.4 Å². The molecule has 0 aromatic heterocycles. The van der Waals surface area contributed by atoms with Gasteiger partial charge in [0.15, 0.2) is 0 Å². The molecule has 1 fully saturated rings. The summed E-state index contributed by atoms with van der Waals surface area (Å²) in [6.45, 7) is 6.10. The second kappa shape index (κ2) is 8.09. The molecule has 0 amide bonds. The van der Waals surface area contributed by atoms with Crippen molar-refractivity contribution in [2.45, 2.75) is 0 Å². The van der Waals surface area contributed by atoms with Gasteiger partial charge in [0, 0.05) is 13.1 Å². The number of rotatable bonds is 3. The first-order chi connectivity index (χ1) is 4.93. The summed E-state index contributed by atoms with van der Waals surface area (Å²) < 4.78 is 0. The SMILES string of the molecule is NNCCN1CC[N-]CC1.[K+]. The van der Waals surface area contributed by atoms with E-state index in [2.05, 4.69) is 15.6 Å². The van der Waals surface area contributed by atoms with Crippen molar-refractivity contribution >= 4 is 0 Å². The molecule has 60 valence electrons. The van der Waals surface area contributed by atoms with E-state index in [1.54, 1.807) is 0 Å². The van der Waals surface area contributed by atoms with Crippen LogP contribution in [0, 0.1) is 0 Å². The van der Waals surface area contributed by atoms with Crippen molar-refractivity contribution in [2.24, 2.45) is 5.84 Å². The van der Waals surface area contributed by atoms with E-state index in [9.17, 15) is 0 Å². The fraction of sp³-hybridized carbons (Fsp3) is 1.00. The number of nitrogens with zero attached hydrogens (tertiary/aromatic N) is 2. The Labute approximate surface area is 111 Å². The molecule has 0 aromatic carbocycles. The Balaban J connectivity index is 0.000001000. The molecule has 0 radical (unpaired) electrons. The zero-order chi connectivity index (χ0) is 7.23. The first-order valence-corrected chi connectivity index (χ1v) is 3.72. The van der Waals surface area contributed by atoms with Crippen molar-refractivity contribution in [1.82, 2.24) is 10.3 Å². The van der Waals surface area contributed by atoms with Crippen LogP contribution in [0.15, 0.2) is 0 Å². The monoisotopic (exact) mass is 182 g/mol. The van der Waals surface area contributed by atoms with Crippen molar-refractivity contribution in [3.63, 3.8) is 0 Å². The predicted octanol–water partition coefficient (Wildman–Crippen LogP) is -3.86. The molecule has 0 aromatic rings. The summed E-state index contributed by atoms with van der Waals surface area (Å²) in [5.41, 5.74) is 2.64. The van der Waals surface area contributed by atoms with Gasteiger partial charge in [-0.05, 0) is 13.1 Å². The molecule has 1 heterocycles. The smallest absolute Gasteiger partial charge is 0.660 e. The molecule has 11 heavy (non-hydrogen) atoms. The van der Waals surface area contributed by atoms with E-state index < -0.39 is 0 Å². The Morgan fingerprint density at radius 1 is 1.36 bits per heavy atom. The van der Waals surface area contributed by atoms with Gasteiger partial charge in [0.1, 0.15) is 0 Å². The van der Waals surface area contributed by atoms with E-state index in [1.807, 2.05) is 0 Å². The molecule has 0 spiro atoms. The molecule has 3 N–H and O–H groups in total. The summed E-state index contributed by atoms with van der Waals surface area (Å²) in [5, 5.41) is 4.24. The molecule has 1 aliphatic rings. The van der Waals surface area contributed by atoms with Crippen LogP contribution in [0.1, 0.15) is 0 Å². The van der Waals surface area contributed by atoms with Gasteiger partial charge in [0.25, 0.3) is 0 Å². The second-order valence-electron chi connectivity index (χ2n) is 2.47. The van der Waals surface area contributed by atoms with Crippen molar-refractivity contribution < 1.29 is 51.4 Å². The Morgan fingerprint density at radius 3 is 2.55 bits per heavy atom. The first-order valence-electron chi connectivity index (χ1n) is 3.72. The van der Waals surface area contributed by atoms with Crippen LogP contribution in [0.5, 0.6) is 0 Å². The molecule has 0 atom stereocenters. The van der Waals surface area contributed by atoms with Crippen LogP contribution in [0.3, 0.4) is 0 Å². The van der Waals surface area contributed by atoms with Gasteiger partial charge in [0.2, 0.25) is 0 Å². The molecule has 0 bridgehead atoms. The van der Waals surface area contributed by atoms with E-state index in [0.717, 1.165) is 39.3 Å². The van der Waals surface area contributed by atoms with Crippen molar-refractivity contribution in [3.05, 3.63) is 5.32 Å². The summed E-state index contributed by atoms with van der Waals surface area (Å²) in [6.07, 6.45) is 0. The average Bonchev–Trinajstić information content (AvgIpc) is 2.03. The first kappa shape index (κ1) is 12.5. The van der Waals surface area contributed by atoms with Crippen LogP contribution >= 0.6 is 0 Å². The number of nitrogens with two attached hydrogens (primary N) is 1. The van der Waals surface area contributed by atoms with Gasteiger partial charge in [-0.3, -0.25) is 11.3 Å². The predicted molar refractivity (Wildman–Crippen MR) is 41.7 cm³/mol. The summed E-state index contributed by atoms with van der Waals surface area (Å²) >= 11 is 0. The van der Waals surface area contributed by atoms with Gasteiger partial charge < -0.3 is 10.2 Å². The molecule has 5 heteroatoms. The van der Waals surface area contributed by atoms with Crippen LogP contribution < -0.4 is 62.7 Å². The number of hydrogen-bond donors (Lipinski definition) is 2. The van der Waals surface area contributed by atoms with Gasteiger partial charge in [-0.25, -0.2) is 0 Å². The third-order valence-electron chi connectivity index (χ3n) is 1.72. The van der Waals surface area contributed by atoms with Crippen molar-refractivity contribution in [1.29, 1.82) is 0 Å². The van der Waals surface area contributed by atoms with E-state index in [1.165, 1.54) is 0 Å². The quantitative estimate of drug-likeness (QED) is 0.267. The fourth-order valence-corrected chi connectivity index (χ4v) is 1.09. The Kier molecular flexibility index (Phi) is 9.18. The third-order valence-corrected chi connectivity index (χ3v) is 1.72. The van der Waals surface area contributed by atoms with Gasteiger partial charge in [-0.15, -0.1) is 13.1 Å². The molecule has 1 aliphatic heterocycles. The van der Waals surface area contributed by atoms with Crippen LogP contribution in [-0.2, 0) is 0 Å². The standard InChI is InChI=1S/C6H15N4.K/c7-9-3-6-10-4-1-8-2-5-10;/h9H,1-7H2;/q-1;+1. The second-order valence-corrected chi connectivity index (χ2v) is 2.47. The minimum atomic E-state index is 0. The molecule has 4 nitrogen and oxygen atoms in total. The number of hydrogen-bond acceptors (Lipinski definition) is 3. The zero-order valence-electron chi connectivity index (χ0n) is 7.21.